The third-order valence-electron chi connectivity index (χ3n) is 2.27. The van der Waals surface area contributed by atoms with E-state index in [0.29, 0.717) is 0 Å². The Bertz CT molecular complexity index is 372. The van der Waals surface area contributed by atoms with Crippen molar-refractivity contribution in [1.29, 1.82) is 0 Å². The van der Waals surface area contributed by atoms with Crippen LogP contribution in [0.3, 0.4) is 0 Å². The summed E-state index contributed by atoms with van der Waals surface area (Å²) in [6.45, 7) is 6.97. The summed E-state index contributed by atoms with van der Waals surface area (Å²) in [6.07, 6.45) is 0. The SMILES string of the molecule is CC(N[S+]([O-])C(C)(C)C)c1c(F)cccc1F. The van der Waals surface area contributed by atoms with Crippen LogP contribution in [0.2, 0.25) is 0 Å². The highest BCUT2D eigenvalue weighted by Crippen LogP contribution is 2.23. The van der Waals surface area contributed by atoms with Gasteiger partial charge in [0.2, 0.25) is 0 Å². The molecule has 1 aromatic rings. The van der Waals surface area contributed by atoms with Crippen molar-refractivity contribution < 1.29 is 13.3 Å². The van der Waals surface area contributed by atoms with Crippen LogP contribution in [0.5, 0.6) is 0 Å². The highest BCUT2D eigenvalue weighted by molar-refractivity contribution is 7.90. The monoisotopic (exact) mass is 261 g/mol. The molecule has 1 N–H and O–H groups in total. The van der Waals surface area contributed by atoms with E-state index < -0.39 is 33.8 Å². The molecule has 0 aliphatic heterocycles. The number of hydrogen-bond donors (Lipinski definition) is 1. The van der Waals surface area contributed by atoms with E-state index in [1.807, 2.05) is 0 Å². The minimum absolute atomic E-state index is 0.0786. The van der Waals surface area contributed by atoms with Gasteiger partial charge in [0.05, 0.1) is 6.04 Å². The molecule has 5 heteroatoms. The predicted molar refractivity (Wildman–Crippen MR) is 65.8 cm³/mol. The van der Waals surface area contributed by atoms with Crippen LogP contribution < -0.4 is 4.72 Å². The van der Waals surface area contributed by atoms with Gasteiger partial charge in [-0.1, -0.05) is 6.07 Å². The van der Waals surface area contributed by atoms with Crippen LogP contribution in [0.4, 0.5) is 8.78 Å². The first-order valence-electron chi connectivity index (χ1n) is 5.35. The molecule has 0 aromatic heterocycles. The Kier molecular flexibility index (Phi) is 4.52. The van der Waals surface area contributed by atoms with E-state index in [2.05, 4.69) is 4.72 Å². The van der Waals surface area contributed by atoms with Crippen molar-refractivity contribution in [2.75, 3.05) is 0 Å². The van der Waals surface area contributed by atoms with Gasteiger partial charge in [-0.25, -0.2) is 8.78 Å². The third-order valence-corrected chi connectivity index (χ3v) is 3.95. The van der Waals surface area contributed by atoms with Crippen LogP contribution >= 0.6 is 0 Å². The Morgan fingerprint density at radius 2 is 1.71 bits per heavy atom. The first kappa shape index (κ1) is 14.4. The average Bonchev–Trinajstić information content (AvgIpc) is 2.15. The summed E-state index contributed by atoms with van der Waals surface area (Å²) in [7, 11) is 0. The van der Waals surface area contributed by atoms with Crippen molar-refractivity contribution in [3.8, 4) is 0 Å². The second-order valence-electron chi connectivity index (χ2n) is 4.86. The molecule has 2 unspecified atom stereocenters. The summed E-state index contributed by atoms with van der Waals surface area (Å²) >= 11 is -1.37. The normalized spacial score (nSPS) is 15.7. The Balaban J connectivity index is 2.87. The van der Waals surface area contributed by atoms with Crippen LogP contribution in [0.15, 0.2) is 18.2 Å². The molecular formula is C12H17F2NOS. The lowest BCUT2D eigenvalue weighted by atomic mass is 10.1. The lowest BCUT2D eigenvalue weighted by molar-refractivity contribution is 0.501. The molecule has 17 heavy (non-hydrogen) atoms. The fourth-order valence-electron chi connectivity index (χ4n) is 1.32. The summed E-state index contributed by atoms with van der Waals surface area (Å²) in [6, 6.07) is 3.05. The van der Waals surface area contributed by atoms with Crippen LogP contribution in [0.25, 0.3) is 0 Å². The Labute approximate surface area is 104 Å². The molecule has 0 spiro atoms. The van der Waals surface area contributed by atoms with Gasteiger partial charge in [0.1, 0.15) is 16.4 Å². The summed E-state index contributed by atoms with van der Waals surface area (Å²) in [5, 5.41) is 0. The summed E-state index contributed by atoms with van der Waals surface area (Å²) in [4.78, 5) is 0. The maximum Gasteiger partial charge on any atom is 0.136 e. The van der Waals surface area contributed by atoms with Gasteiger partial charge in [0.25, 0.3) is 0 Å². The molecule has 1 rings (SSSR count). The molecule has 0 saturated carbocycles. The fraction of sp³-hybridized carbons (Fsp3) is 0.500. The van der Waals surface area contributed by atoms with Gasteiger partial charge in [-0.15, -0.1) is 4.72 Å². The maximum absolute atomic E-state index is 13.5. The topological polar surface area (TPSA) is 35.1 Å². The largest absolute Gasteiger partial charge is 0.598 e. The third kappa shape index (κ3) is 3.66. The van der Waals surface area contributed by atoms with Crippen LogP contribution in [0.1, 0.15) is 39.3 Å². The van der Waals surface area contributed by atoms with Crippen molar-refractivity contribution in [1.82, 2.24) is 4.72 Å². The second kappa shape index (κ2) is 5.33. The van der Waals surface area contributed by atoms with Gasteiger partial charge in [0.15, 0.2) is 0 Å². The van der Waals surface area contributed by atoms with Gasteiger partial charge in [-0.3, -0.25) is 0 Å². The first-order chi connectivity index (χ1) is 7.73. The van der Waals surface area contributed by atoms with Crippen molar-refractivity contribution in [3.05, 3.63) is 35.4 Å². The Hall–Kier alpha value is -0.650. The van der Waals surface area contributed by atoms with Crippen molar-refractivity contribution >= 4 is 11.4 Å². The van der Waals surface area contributed by atoms with Gasteiger partial charge in [-0.05, 0) is 39.8 Å². The van der Waals surface area contributed by atoms with E-state index in [1.54, 1.807) is 27.7 Å². The Morgan fingerprint density at radius 1 is 1.24 bits per heavy atom. The molecule has 2 atom stereocenters. The predicted octanol–water partition coefficient (Wildman–Crippen LogP) is 3.08. The van der Waals surface area contributed by atoms with Crippen LogP contribution in [0, 0.1) is 11.6 Å². The molecular weight excluding hydrogens is 244 g/mol. The number of nitrogens with one attached hydrogen (secondary N) is 1. The standard InChI is InChI=1S/C12H17F2NOS/c1-8(15-17(16)12(2,3)4)11-9(13)6-5-7-10(11)14/h5-8,15H,1-4H3. The minimum atomic E-state index is -1.37. The molecule has 0 aliphatic rings. The molecule has 1 aromatic carbocycles. The number of rotatable bonds is 3. The average molecular weight is 261 g/mol. The smallest absolute Gasteiger partial charge is 0.136 e. The van der Waals surface area contributed by atoms with Gasteiger partial charge in [-0.2, -0.15) is 0 Å². The van der Waals surface area contributed by atoms with E-state index >= 15 is 0 Å². The van der Waals surface area contributed by atoms with E-state index in [9.17, 15) is 13.3 Å². The molecule has 0 radical (unpaired) electrons. The summed E-state index contributed by atoms with van der Waals surface area (Å²) in [5.41, 5.74) is -0.0786. The second-order valence-corrected chi connectivity index (χ2v) is 6.85. The lowest BCUT2D eigenvalue weighted by Crippen LogP contribution is -2.40. The maximum atomic E-state index is 13.5. The molecule has 0 aliphatic carbocycles. The zero-order valence-electron chi connectivity index (χ0n) is 10.4. The quantitative estimate of drug-likeness (QED) is 0.849. The number of halogens is 2. The Morgan fingerprint density at radius 3 is 2.12 bits per heavy atom. The lowest BCUT2D eigenvalue weighted by Gasteiger charge is -2.26. The first-order valence-corrected chi connectivity index (χ1v) is 6.50. The fourth-order valence-corrected chi connectivity index (χ4v) is 2.11. The number of benzene rings is 1. The van der Waals surface area contributed by atoms with Gasteiger partial charge >= 0.3 is 0 Å². The van der Waals surface area contributed by atoms with Gasteiger partial charge < -0.3 is 4.55 Å². The van der Waals surface area contributed by atoms with Crippen molar-refractivity contribution in [3.63, 3.8) is 0 Å². The van der Waals surface area contributed by atoms with Crippen LogP contribution in [-0.2, 0) is 11.4 Å². The van der Waals surface area contributed by atoms with Crippen molar-refractivity contribution in [2.24, 2.45) is 0 Å². The molecule has 0 heterocycles. The van der Waals surface area contributed by atoms with Crippen LogP contribution in [-0.4, -0.2) is 9.30 Å². The summed E-state index contributed by atoms with van der Waals surface area (Å²) < 4.78 is 41.0. The number of hydrogen-bond acceptors (Lipinski definition) is 2. The summed E-state index contributed by atoms with van der Waals surface area (Å²) in [5.74, 6) is -1.26. The minimum Gasteiger partial charge on any atom is -0.598 e. The molecule has 2 nitrogen and oxygen atoms in total. The highest BCUT2D eigenvalue weighted by Gasteiger charge is 2.29. The molecule has 0 amide bonds. The zero-order valence-corrected chi connectivity index (χ0v) is 11.2. The van der Waals surface area contributed by atoms with Gasteiger partial charge in [0, 0.05) is 16.9 Å². The van der Waals surface area contributed by atoms with E-state index in [0.717, 1.165) is 0 Å². The van der Waals surface area contributed by atoms with E-state index in [-0.39, 0.29) is 5.56 Å². The molecule has 0 fully saturated rings. The molecule has 0 bridgehead atoms. The zero-order chi connectivity index (χ0) is 13.2. The molecule has 96 valence electrons. The molecule has 0 saturated heterocycles. The van der Waals surface area contributed by atoms with Crippen molar-refractivity contribution in [2.45, 2.75) is 38.5 Å². The highest BCUT2D eigenvalue weighted by atomic mass is 32.2. The van der Waals surface area contributed by atoms with E-state index in [4.69, 9.17) is 0 Å². The van der Waals surface area contributed by atoms with E-state index in [1.165, 1.54) is 18.2 Å².